The Hall–Kier alpha value is -1.10. The second-order valence-electron chi connectivity index (χ2n) is 6.92. The molecule has 1 N–H and O–H groups in total. The zero-order valence-electron chi connectivity index (χ0n) is 12.7. The highest BCUT2D eigenvalue weighted by atomic mass is 16.2. The number of likely N-dealkylation sites (tertiary alicyclic amines) is 1. The van der Waals surface area contributed by atoms with Gasteiger partial charge in [-0.15, -0.1) is 0 Å². The molecule has 2 heterocycles. The SMILES string of the molecule is CCC1C(=O)NC(C)(C)C(=O)N1C1CCN(C2CC2)C1. The first-order valence-corrected chi connectivity index (χ1v) is 7.83. The van der Waals surface area contributed by atoms with Crippen molar-refractivity contribution in [3.63, 3.8) is 0 Å². The number of rotatable bonds is 3. The van der Waals surface area contributed by atoms with E-state index in [0.717, 1.165) is 25.6 Å². The maximum atomic E-state index is 12.7. The first kappa shape index (κ1) is 13.9. The van der Waals surface area contributed by atoms with E-state index in [9.17, 15) is 9.59 Å². The van der Waals surface area contributed by atoms with Gasteiger partial charge in [0.2, 0.25) is 11.8 Å². The molecule has 3 rings (SSSR count). The maximum Gasteiger partial charge on any atom is 0.248 e. The minimum Gasteiger partial charge on any atom is -0.340 e. The van der Waals surface area contributed by atoms with E-state index in [2.05, 4.69) is 10.2 Å². The molecule has 2 amide bonds. The van der Waals surface area contributed by atoms with Gasteiger partial charge >= 0.3 is 0 Å². The lowest BCUT2D eigenvalue weighted by Gasteiger charge is -2.45. The molecule has 0 spiro atoms. The predicted molar refractivity (Wildman–Crippen MR) is 76.1 cm³/mol. The second kappa shape index (κ2) is 4.72. The van der Waals surface area contributed by atoms with Gasteiger partial charge in [-0.1, -0.05) is 6.92 Å². The first-order valence-electron chi connectivity index (χ1n) is 7.83. The lowest BCUT2D eigenvalue weighted by molar-refractivity contribution is -0.156. The third kappa shape index (κ3) is 2.22. The van der Waals surface area contributed by atoms with Crippen LogP contribution in [0.2, 0.25) is 0 Å². The fourth-order valence-corrected chi connectivity index (χ4v) is 3.60. The van der Waals surface area contributed by atoms with Crippen LogP contribution in [0.15, 0.2) is 0 Å². The van der Waals surface area contributed by atoms with Crippen LogP contribution in [-0.2, 0) is 9.59 Å². The Kier molecular flexibility index (Phi) is 3.27. The van der Waals surface area contributed by atoms with Gasteiger partial charge in [0.05, 0.1) is 0 Å². The Morgan fingerprint density at radius 2 is 1.90 bits per heavy atom. The zero-order chi connectivity index (χ0) is 14.5. The average Bonchev–Trinajstić information content (AvgIpc) is 3.12. The lowest BCUT2D eigenvalue weighted by atomic mass is 9.93. The fraction of sp³-hybridized carbons (Fsp3) is 0.867. The molecule has 20 heavy (non-hydrogen) atoms. The van der Waals surface area contributed by atoms with Crippen LogP contribution in [0.4, 0.5) is 0 Å². The van der Waals surface area contributed by atoms with Crippen LogP contribution in [0.5, 0.6) is 0 Å². The van der Waals surface area contributed by atoms with Crippen LogP contribution in [0.3, 0.4) is 0 Å². The molecular formula is C15H25N3O2. The van der Waals surface area contributed by atoms with E-state index in [-0.39, 0.29) is 23.9 Å². The van der Waals surface area contributed by atoms with Crippen molar-refractivity contribution in [1.29, 1.82) is 0 Å². The molecule has 0 aromatic carbocycles. The molecule has 3 fully saturated rings. The Labute approximate surface area is 120 Å². The highest BCUT2D eigenvalue weighted by molar-refractivity contribution is 5.99. The summed E-state index contributed by atoms with van der Waals surface area (Å²) < 4.78 is 0. The van der Waals surface area contributed by atoms with E-state index in [1.807, 2.05) is 11.8 Å². The van der Waals surface area contributed by atoms with Crippen molar-refractivity contribution in [1.82, 2.24) is 15.1 Å². The number of piperazine rings is 1. The van der Waals surface area contributed by atoms with Gasteiger partial charge in [0.1, 0.15) is 11.6 Å². The summed E-state index contributed by atoms with van der Waals surface area (Å²) in [6, 6.07) is 0.653. The van der Waals surface area contributed by atoms with Gasteiger partial charge < -0.3 is 10.2 Å². The molecule has 2 saturated heterocycles. The highest BCUT2D eigenvalue weighted by Crippen LogP contribution is 2.33. The quantitative estimate of drug-likeness (QED) is 0.829. The van der Waals surface area contributed by atoms with Gasteiger partial charge in [-0.05, 0) is 39.5 Å². The summed E-state index contributed by atoms with van der Waals surface area (Å²) in [6.07, 6.45) is 4.28. The normalized spacial score (nSPS) is 34.5. The van der Waals surface area contributed by atoms with Crippen molar-refractivity contribution in [2.24, 2.45) is 0 Å². The summed E-state index contributed by atoms with van der Waals surface area (Å²) >= 11 is 0. The van der Waals surface area contributed by atoms with Crippen molar-refractivity contribution < 1.29 is 9.59 Å². The summed E-state index contributed by atoms with van der Waals surface area (Å²) in [5, 5.41) is 2.86. The third-order valence-corrected chi connectivity index (χ3v) is 4.88. The van der Waals surface area contributed by atoms with E-state index in [1.165, 1.54) is 12.8 Å². The largest absolute Gasteiger partial charge is 0.340 e. The fourth-order valence-electron chi connectivity index (χ4n) is 3.60. The molecule has 2 unspecified atom stereocenters. The molecule has 5 nitrogen and oxygen atoms in total. The molecule has 0 radical (unpaired) electrons. The summed E-state index contributed by atoms with van der Waals surface area (Å²) in [4.78, 5) is 29.4. The minimum atomic E-state index is -0.768. The molecule has 0 aromatic rings. The van der Waals surface area contributed by atoms with E-state index < -0.39 is 5.54 Å². The standard InChI is InChI=1S/C15H25N3O2/c1-4-12-13(19)16-15(2,3)14(20)18(12)11-7-8-17(9-11)10-5-6-10/h10-12H,4-9H2,1-3H3,(H,16,19). The number of carbonyl (C=O) groups is 2. The summed E-state index contributed by atoms with van der Waals surface area (Å²) in [7, 11) is 0. The number of hydrogen-bond donors (Lipinski definition) is 1. The Morgan fingerprint density at radius 3 is 2.50 bits per heavy atom. The van der Waals surface area contributed by atoms with Gasteiger partial charge in [0, 0.05) is 25.2 Å². The number of nitrogens with zero attached hydrogens (tertiary/aromatic N) is 2. The molecule has 1 saturated carbocycles. The Balaban J connectivity index is 1.80. The zero-order valence-corrected chi connectivity index (χ0v) is 12.7. The molecule has 0 aromatic heterocycles. The smallest absolute Gasteiger partial charge is 0.248 e. The summed E-state index contributed by atoms with van der Waals surface area (Å²) in [6.45, 7) is 7.60. The van der Waals surface area contributed by atoms with Gasteiger partial charge in [0.15, 0.2) is 0 Å². The van der Waals surface area contributed by atoms with Gasteiger partial charge in [-0.3, -0.25) is 14.5 Å². The molecular weight excluding hydrogens is 254 g/mol. The van der Waals surface area contributed by atoms with Gasteiger partial charge in [-0.2, -0.15) is 0 Å². The number of hydrogen-bond acceptors (Lipinski definition) is 3. The van der Waals surface area contributed by atoms with E-state index in [0.29, 0.717) is 6.42 Å². The van der Waals surface area contributed by atoms with Crippen LogP contribution in [0.1, 0.15) is 46.5 Å². The summed E-state index contributed by atoms with van der Waals surface area (Å²) in [5.41, 5.74) is -0.768. The molecule has 112 valence electrons. The number of nitrogens with one attached hydrogen (secondary N) is 1. The minimum absolute atomic E-state index is 0.00183. The predicted octanol–water partition coefficient (Wildman–Crippen LogP) is 0.739. The van der Waals surface area contributed by atoms with Crippen molar-refractivity contribution in [3.05, 3.63) is 0 Å². The van der Waals surface area contributed by atoms with Crippen molar-refractivity contribution in [2.75, 3.05) is 13.1 Å². The van der Waals surface area contributed by atoms with Crippen LogP contribution in [0.25, 0.3) is 0 Å². The Morgan fingerprint density at radius 1 is 1.20 bits per heavy atom. The third-order valence-electron chi connectivity index (χ3n) is 4.88. The van der Waals surface area contributed by atoms with E-state index in [1.54, 1.807) is 13.8 Å². The van der Waals surface area contributed by atoms with Crippen molar-refractivity contribution in [2.45, 2.75) is 70.1 Å². The van der Waals surface area contributed by atoms with Crippen molar-refractivity contribution >= 4 is 11.8 Å². The lowest BCUT2D eigenvalue weighted by Crippen LogP contribution is -2.70. The van der Waals surface area contributed by atoms with Gasteiger partial charge in [-0.25, -0.2) is 0 Å². The van der Waals surface area contributed by atoms with E-state index in [4.69, 9.17) is 0 Å². The monoisotopic (exact) mass is 279 g/mol. The average molecular weight is 279 g/mol. The van der Waals surface area contributed by atoms with Crippen LogP contribution in [0, 0.1) is 0 Å². The van der Waals surface area contributed by atoms with Crippen LogP contribution < -0.4 is 5.32 Å². The molecule has 2 atom stereocenters. The first-order chi connectivity index (χ1) is 9.44. The summed E-state index contributed by atoms with van der Waals surface area (Å²) in [5.74, 6) is 0.0774. The van der Waals surface area contributed by atoms with Gasteiger partial charge in [0.25, 0.3) is 0 Å². The molecule has 1 aliphatic carbocycles. The van der Waals surface area contributed by atoms with Crippen LogP contribution >= 0.6 is 0 Å². The molecule has 2 aliphatic heterocycles. The highest BCUT2D eigenvalue weighted by Gasteiger charge is 2.49. The number of amides is 2. The van der Waals surface area contributed by atoms with Crippen molar-refractivity contribution in [3.8, 4) is 0 Å². The maximum absolute atomic E-state index is 12.7. The molecule has 0 bridgehead atoms. The molecule has 5 heteroatoms. The number of carbonyl (C=O) groups excluding carboxylic acids is 2. The Bertz CT molecular complexity index is 431. The topological polar surface area (TPSA) is 52.7 Å². The molecule has 3 aliphatic rings. The van der Waals surface area contributed by atoms with E-state index >= 15 is 0 Å². The second-order valence-corrected chi connectivity index (χ2v) is 6.92. The van der Waals surface area contributed by atoms with Crippen LogP contribution in [-0.4, -0.2) is 58.4 Å².